The molecule has 0 radical (unpaired) electrons. The third-order valence-electron chi connectivity index (χ3n) is 5.81. The maximum atomic E-state index is 14.5. The van der Waals surface area contributed by atoms with Gasteiger partial charge in [-0.25, -0.2) is 9.18 Å². The predicted octanol–water partition coefficient (Wildman–Crippen LogP) is 4.91. The second-order valence-corrected chi connectivity index (χ2v) is 10.6. The molecule has 39 heavy (non-hydrogen) atoms. The highest BCUT2D eigenvalue weighted by atomic mass is 19.1. The Balaban J connectivity index is 1.77. The third-order valence-corrected chi connectivity index (χ3v) is 5.81. The molecule has 0 aliphatic carbocycles. The highest BCUT2D eigenvalue weighted by Crippen LogP contribution is 2.40. The second kappa shape index (κ2) is 10.7. The molecule has 1 aromatic carbocycles. The molecule has 4 N–H and O–H groups in total. The summed E-state index contributed by atoms with van der Waals surface area (Å²) in [6.07, 6.45) is 3.25. The van der Waals surface area contributed by atoms with Crippen LogP contribution in [0.1, 0.15) is 56.2 Å². The SMILES string of the molecule is COc1c(F)cccc1Nc1c(-c2ccncc2C#CC(C)(C)NC(=O)OC(C)(C)C)[nH]c2c1C(=O)NCC2. The molecule has 3 heterocycles. The quantitative estimate of drug-likeness (QED) is 0.346. The minimum Gasteiger partial charge on any atom is -0.492 e. The average Bonchev–Trinajstić information content (AvgIpc) is 3.21. The Kier molecular flexibility index (Phi) is 7.54. The number of aromatic amines is 1. The maximum absolute atomic E-state index is 14.5. The third kappa shape index (κ3) is 6.32. The van der Waals surface area contributed by atoms with E-state index in [1.807, 2.05) is 0 Å². The molecular formula is C29H32FN5O4. The number of rotatable bonds is 5. The first kappa shape index (κ1) is 27.5. The highest BCUT2D eigenvalue weighted by Gasteiger charge is 2.29. The van der Waals surface area contributed by atoms with Gasteiger partial charge in [0.05, 0.1) is 40.8 Å². The van der Waals surface area contributed by atoms with Gasteiger partial charge in [0.25, 0.3) is 5.91 Å². The molecule has 4 rings (SSSR count). The summed E-state index contributed by atoms with van der Waals surface area (Å²) < 4.78 is 25.1. The Labute approximate surface area is 226 Å². The number of alkyl carbamates (subject to hydrolysis) is 1. The van der Waals surface area contributed by atoms with Crippen molar-refractivity contribution in [2.75, 3.05) is 19.0 Å². The molecule has 0 saturated carbocycles. The normalized spacial score (nSPS) is 12.9. The number of anilines is 2. The van der Waals surface area contributed by atoms with Crippen LogP contribution in [0, 0.1) is 17.7 Å². The number of ether oxygens (including phenoxy) is 2. The number of aromatic nitrogens is 2. The van der Waals surface area contributed by atoms with E-state index in [2.05, 4.69) is 37.8 Å². The van der Waals surface area contributed by atoms with Gasteiger partial charge in [-0.15, -0.1) is 0 Å². The van der Waals surface area contributed by atoms with Crippen LogP contribution in [0.15, 0.2) is 36.7 Å². The van der Waals surface area contributed by atoms with Crippen LogP contribution in [0.5, 0.6) is 5.75 Å². The van der Waals surface area contributed by atoms with Gasteiger partial charge in [-0.05, 0) is 52.8 Å². The fourth-order valence-electron chi connectivity index (χ4n) is 4.18. The molecule has 0 fully saturated rings. The molecule has 1 aliphatic heterocycles. The fourth-order valence-corrected chi connectivity index (χ4v) is 4.18. The van der Waals surface area contributed by atoms with Crippen LogP contribution < -0.4 is 20.7 Å². The van der Waals surface area contributed by atoms with Gasteiger partial charge in [0.15, 0.2) is 11.6 Å². The standard InChI is InChI=1S/C29H32FN5O4/c1-28(2,3)39-27(37)35-29(4,5)13-10-17-16-31-14-11-18(17)23-24(22-20(33-23)12-15-32-26(22)36)34-21-9-7-8-19(30)25(21)38-6/h7-9,11,14,16,33-34H,12,15H2,1-6H3,(H,32,36)(H,35,37). The Morgan fingerprint density at radius 2 is 1.95 bits per heavy atom. The fraction of sp³-hybridized carbons (Fsp3) is 0.345. The molecule has 2 aromatic heterocycles. The van der Waals surface area contributed by atoms with E-state index < -0.39 is 23.1 Å². The number of carbonyl (C=O) groups excluding carboxylic acids is 2. The number of fused-ring (bicyclic) bond motifs is 1. The summed E-state index contributed by atoms with van der Waals surface area (Å²) in [7, 11) is 1.38. The molecule has 0 bridgehead atoms. The summed E-state index contributed by atoms with van der Waals surface area (Å²) in [5.74, 6) is 5.45. The van der Waals surface area contributed by atoms with Crippen LogP contribution in [0.4, 0.5) is 20.6 Å². The first-order valence-corrected chi connectivity index (χ1v) is 12.5. The van der Waals surface area contributed by atoms with Crippen molar-refractivity contribution in [3.05, 3.63) is 59.3 Å². The lowest BCUT2D eigenvalue weighted by Crippen LogP contribution is -2.44. The van der Waals surface area contributed by atoms with E-state index in [-0.39, 0.29) is 11.7 Å². The highest BCUT2D eigenvalue weighted by molar-refractivity contribution is 6.06. The van der Waals surface area contributed by atoms with Crippen LogP contribution in [-0.4, -0.2) is 46.8 Å². The molecule has 0 spiro atoms. The lowest BCUT2D eigenvalue weighted by Gasteiger charge is -2.24. The molecule has 0 unspecified atom stereocenters. The number of hydrogen-bond donors (Lipinski definition) is 4. The molecule has 0 atom stereocenters. The molecule has 204 valence electrons. The van der Waals surface area contributed by atoms with Crippen LogP contribution >= 0.6 is 0 Å². The number of nitrogens with zero attached hydrogens (tertiary/aromatic N) is 1. The average molecular weight is 534 g/mol. The summed E-state index contributed by atoms with van der Waals surface area (Å²) in [4.78, 5) is 32.9. The molecule has 10 heteroatoms. The topological polar surface area (TPSA) is 117 Å². The van der Waals surface area contributed by atoms with E-state index in [0.29, 0.717) is 46.7 Å². The Bertz CT molecular complexity index is 1480. The van der Waals surface area contributed by atoms with Crippen LogP contribution in [0.3, 0.4) is 0 Å². The minimum absolute atomic E-state index is 0.0272. The maximum Gasteiger partial charge on any atom is 0.408 e. The van der Waals surface area contributed by atoms with Gasteiger partial charge >= 0.3 is 6.09 Å². The van der Waals surface area contributed by atoms with Crippen molar-refractivity contribution in [3.8, 4) is 28.8 Å². The molecule has 0 saturated heterocycles. The molecule has 2 amide bonds. The number of halogens is 1. The lowest BCUT2D eigenvalue weighted by molar-refractivity contribution is 0.0494. The number of nitrogens with one attached hydrogen (secondary N) is 4. The van der Waals surface area contributed by atoms with Crippen molar-refractivity contribution in [3.63, 3.8) is 0 Å². The number of hydrogen-bond acceptors (Lipinski definition) is 6. The summed E-state index contributed by atoms with van der Waals surface area (Å²) in [5, 5.41) is 8.86. The van der Waals surface area contributed by atoms with Gasteiger partial charge in [0, 0.05) is 36.6 Å². The van der Waals surface area contributed by atoms with Crippen molar-refractivity contribution in [1.82, 2.24) is 20.6 Å². The van der Waals surface area contributed by atoms with Crippen molar-refractivity contribution in [2.24, 2.45) is 0 Å². The van der Waals surface area contributed by atoms with Gasteiger partial charge in [-0.1, -0.05) is 17.9 Å². The first-order valence-electron chi connectivity index (χ1n) is 12.5. The number of H-pyrrole nitrogens is 1. The van der Waals surface area contributed by atoms with E-state index in [0.717, 1.165) is 5.69 Å². The van der Waals surface area contributed by atoms with Crippen LogP contribution in [0.2, 0.25) is 0 Å². The Morgan fingerprint density at radius 3 is 2.67 bits per heavy atom. The smallest absolute Gasteiger partial charge is 0.408 e. The summed E-state index contributed by atoms with van der Waals surface area (Å²) in [6.45, 7) is 9.38. The zero-order valence-electron chi connectivity index (χ0n) is 22.8. The lowest BCUT2D eigenvalue weighted by atomic mass is 10.0. The number of amides is 2. The van der Waals surface area contributed by atoms with Gasteiger partial charge in [0.2, 0.25) is 0 Å². The number of benzene rings is 1. The predicted molar refractivity (Wildman–Crippen MR) is 147 cm³/mol. The number of para-hydroxylation sites is 1. The van der Waals surface area contributed by atoms with Crippen molar-refractivity contribution >= 4 is 23.4 Å². The van der Waals surface area contributed by atoms with E-state index in [9.17, 15) is 14.0 Å². The molecule has 3 aromatic rings. The zero-order valence-corrected chi connectivity index (χ0v) is 22.8. The molecular weight excluding hydrogens is 501 g/mol. The van der Waals surface area contributed by atoms with E-state index >= 15 is 0 Å². The van der Waals surface area contributed by atoms with E-state index in [1.54, 1.807) is 65.2 Å². The van der Waals surface area contributed by atoms with E-state index in [4.69, 9.17) is 9.47 Å². The van der Waals surface area contributed by atoms with Crippen LogP contribution in [0.25, 0.3) is 11.3 Å². The molecule has 9 nitrogen and oxygen atoms in total. The zero-order chi connectivity index (χ0) is 28.4. The summed E-state index contributed by atoms with van der Waals surface area (Å²) >= 11 is 0. The molecule has 1 aliphatic rings. The second-order valence-electron chi connectivity index (χ2n) is 10.6. The van der Waals surface area contributed by atoms with Crippen LogP contribution in [-0.2, 0) is 11.2 Å². The van der Waals surface area contributed by atoms with Crippen molar-refractivity contribution < 1.29 is 23.5 Å². The first-order chi connectivity index (χ1) is 18.4. The van der Waals surface area contributed by atoms with Gasteiger partial charge in [0.1, 0.15) is 5.60 Å². The largest absolute Gasteiger partial charge is 0.492 e. The number of carbonyl (C=O) groups is 2. The van der Waals surface area contributed by atoms with Crippen molar-refractivity contribution in [2.45, 2.75) is 52.2 Å². The van der Waals surface area contributed by atoms with Gasteiger partial charge in [-0.2, -0.15) is 0 Å². The van der Waals surface area contributed by atoms with Gasteiger partial charge < -0.3 is 30.4 Å². The Morgan fingerprint density at radius 1 is 1.18 bits per heavy atom. The van der Waals surface area contributed by atoms with Gasteiger partial charge in [-0.3, -0.25) is 9.78 Å². The summed E-state index contributed by atoms with van der Waals surface area (Å²) in [6, 6.07) is 6.31. The number of methoxy groups -OCH3 is 1. The Hall–Kier alpha value is -4.52. The number of pyridine rings is 1. The monoisotopic (exact) mass is 533 g/mol. The minimum atomic E-state index is -0.916. The van der Waals surface area contributed by atoms with E-state index in [1.165, 1.54) is 13.2 Å². The summed E-state index contributed by atoms with van der Waals surface area (Å²) in [5.41, 5.74) is 2.27. The van der Waals surface area contributed by atoms with Crippen molar-refractivity contribution in [1.29, 1.82) is 0 Å².